The van der Waals surface area contributed by atoms with E-state index in [1.165, 1.54) is 30.6 Å². The number of aromatic nitrogens is 2. The zero-order valence-corrected chi connectivity index (χ0v) is 16.4. The molecule has 4 bridgehead atoms. The molecule has 5 nitrogen and oxygen atoms in total. The fourth-order valence-electron chi connectivity index (χ4n) is 5.89. The van der Waals surface area contributed by atoms with Gasteiger partial charge in [0.25, 0.3) is 0 Å². The van der Waals surface area contributed by atoms with Gasteiger partial charge in [0.2, 0.25) is 4.34 Å². The molecule has 0 amide bonds. The summed E-state index contributed by atoms with van der Waals surface area (Å²) < 4.78 is 13.1. The number of rotatable bonds is 7. The maximum atomic E-state index is 13.1. The van der Waals surface area contributed by atoms with Gasteiger partial charge in [-0.05, 0) is 69.1 Å². The summed E-state index contributed by atoms with van der Waals surface area (Å²) >= 11 is 1.24. The van der Waals surface area contributed by atoms with Crippen LogP contribution in [-0.4, -0.2) is 31.7 Å². The predicted octanol–water partition coefficient (Wildman–Crippen LogP) is 2.95. The van der Waals surface area contributed by atoms with Gasteiger partial charge >= 0.3 is 0 Å². The highest BCUT2D eigenvalue weighted by Crippen LogP contribution is 2.60. The van der Waals surface area contributed by atoms with Crippen molar-refractivity contribution >= 4 is 33.7 Å². The highest BCUT2D eigenvalue weighted by atomic mass is 32.2. The molecule has 1 atom stereocenters. The molecule has 0 spiro atoms. The van der Waals surface area contributed by atoms with Crippen molar-refractivity contribution < 1.29 is 13.8 Å². The lowest BCUT2D eigenvalue weighted by Gasteiger charge is -2.55. The maximum Gasteiger partial charge on any atom is 0.205 e. The average Bonchev–Trinajstić information content (AvgIpc) is 3.33. The molecule has 1 aromatic heterocycles. The van der Waals surface area contributed by atoms with Crippen LogP contribution in [0, 0.1) is 29.1 Å². The van der Waals surface area contributed by atoms with Crippen LogP contribution in [0.25, 0.3) is 0 Å². The summed E-state index contributed by atoms with van der Waals surface area (Å²) in [6, 6.07) is 0. The summed E-state index contributed by atoms with van der Waals surface area (Å²) in [5, 5.41) is 8.67. The number of nitrogens with zero attached hydrogens (tertiary/aromatic N) is 2. The monoisotopic (exact) mass is 392 g/mol. The number of Topliss-reactive ketones (excluding diaryl/α,β-unsaturated/α-hetero) is 2. The first-order chi connectivity index (χ1) is 12.5. The van der Waals surface area contributed by atoms with Crippen molar-refractivity contribution in [3.05, 3.63) is 5.01 Å². The zero-order chi connectivity index (χ0) is 17.9. The Labute approximate surface area is 159 Å². The van der Waals surface area contributed by atoms with Crippen LogP contribution in [0.2, 0.25) is 0 Å². The van der Waals surface area contributed by atoms with Crippen LogP contribution in [0.3, 0.4) is 0 Å². The summed E-state index contributed by atoms with van der Waals surface area (Å²) in [5.41, 5.74) is -0.208. The Morgan fingerprint density at radius 1 is 1.04 bits per heavy atom. The molecule has 140 valence electrons. The van der Waals surface area contributed by atoms with Crippen LogP contribution < -0.4 is 0 Å². The average molecular weight is 393 g/mol. The van der Waals surface area contributed by atoms with Crippen LogP contribution in [-0.2, 0) is 26.8 Å². The van der Waals surface area contributed by atoms with Gasteiger partial charge in [-0.1, -0.05) is 11.3 Å². The first-order valence-corrected chi connectivity index (χ1v) is 11.9. The maximum absolute atomic E-state index is 13.1. The van der Waals surface area contributed by atoms with Crippen LogP contribution in [0.1, 0.15) is 56.4 Å². The summed E-state index contributed by atoms with van der Waals surface area (Å²) in [5.74, 6) is 2.78. The third-order valence-electron chi connectivity index (χ3n) is 6.89. The minimum Gasteiger partial charge on any atom is -0.299 e. The van der Waals surface area contributed by atoms with Crippen LogP contribution >= 0.6 is 11.3 Å². The van der Waals surface area contributed by atoms with Gasteiger partial charge in [0.1, 0.15) is 10.8 Å². The van der Waals surface area contributed by atoms with Gasteiger partial charge in [0.05, 0.1) is 23.0 Å². The predicted molar refractivity (Wildman–Crippen MR) is 98.2 cm³/mol. The molecule has 6 rings (SSSR count). The van der Waals surface area contributed by atoms with E-state index in [9.17, 15) is 13.8 Å². The molecule has 5 fully saturated rings. The van der Waals surface area contributed by atoms with Gasteiger partial charge in [-0.15, -0.1) is 10.2 Å². The first kappa shape index (κ1) is 17.2. The molecule has 5 saturated carbocycles. The second-order valence-corrected chi connectivity index (χ2v) is 11.7. The van der Waals surface area contributed by atoms with Crippen molar-refractivity contribution in [2.45, 2.75) is 62.1 Å². The van der Waals surface area contributed by atoms with Gasteiger partial charge in [-0.25, -0.2) is 0 Å². The van der Waals surface area contributed by atoms with Gasteiger partial charge in [0.15, 0.2) is 5.78 Å². The Balaban J connectivity index is 1.25. The molecule has 0 aromatic carbocycles. The van der Waals surface area contributed by atoms with E-state index < -0.39 is 10.8 Å². The summed E-state index contributed by atoms with van der Waals surface area (Å²) in [7, 11) is -1.43. The van der Waals surface area contributed by atoms with Gasteiger partial charge in [-0.3, -0.25) is 13.8 Å². The number of carbonyl (C=O) groups excluding carboxylic acids is 2. The zero-order valence-electron chi connectivity index (χ0n) is 14.8. The van der Waals surface area contributed by atoms with Gasteiger partial charge < -0.3 is 0 Å². The van der Waals surface area contributed by atoms with Crippen LogP contribution in [0.4, 0.5) is 0 Å². The number of hydrogen-bond donors (Lipinski definition) is 0. The second-order valence-electron chi connectivity index (χ2n) is 8.99. The Morgan fingerprint density at radius 3 is 2.23 bits per heavy atom. The standard InChI is InChI=1S/C19H24N2O3S2/c22-15(14-1-2-14)6-17-20-21-18(25-17)26(24)10-16(23)19-7-11-3-12(8-19)5-13(4-11)9-19/h11-14H,1-10H2. The second kappa shape index (κ2) is 6.30. The van der Waals surface area contributed by atoms with Crippen molar-refractivity contribution in [2.75, 3.05) is 5.75 Å². The highest BCUT2D eigenvalue weighted by molar-refractivity contribution is 7.87. The normalized spacial score (nSPS) is 36.2. The van der Waals surface area contributed by atoms with Crippen molar-refractivity contribution in [1.29, 1.82) is 0 Å². The van der Waals surface area contributed by atoms with E-state index >= 15 is 0 Å². The Morgan fingerprint density at radius 2 is 1.65 bits per heavy atom. The Kier molecular flexibility index (Phi) is 4.16. The van der Waals surface area contributed by atoms with E-state index in [4.69, 9.17) is 0 Å². The van der Waals surface area contributed by atoms with E-state index in [-0.39, 0.29) is 28.7 Å². The van der Waals surface area contributed by atoms with E-state index in [1.807, 2.05) is 0 Å². The molecule has 26 heavy (non-hydrogen) atoms. The molecule has 0 aliphatic heterocycles. The quantitative estimate of drug-likeness (QED) is 0.713. The minimum absolute atomic E-state index is 0.0668. The molecule has 0 radical (unpaired) electrons. The largest absolute Gasteiger partial charge is 0.299 e. The van der Waals surface area contributed by atoms with Crippen LogP contribution in [0.5, 0.6) is 0 Å². The molecular weight excluding hydrogens is 368 g/mol. The van der Waals surface area contributed by atoms with Gasteiger partial charge in [-0.2, -0.15) is 0 Å². The van der Waals surface area contributed by atoms with Gasteiger partial charge in [0, 0.05) is 11.3 Å². The lowest BCUT2D eigenvalue weighted by Crippen LogP contribution is -2.51. The van der Waals surface area contributed by atoms with Crippen molar-refractivity contribution in [1.82, 2.24) is 10.2 Å². The summed E-state index contributed by atoms with van der Waals surface area (Å²) in [6.45, 7) is 0. The minimum atomic E-state index is -1.43. The summed E-state index contributed by atoms with van der Waals surface area (Å²) in [6.07, 6.45) is 9.17. The third kappa shape index (κ3) is 3.11. The van der Waals surface area contributed by atoms with Crippen molar-refractivity contribution in [3.8, 4) is 0 Å². The molecule has 0 saturated heterocycles. The lowest BCUT2D eigenvalue weighted by atomic mass is 9.48. The van der Waals surface area contributed by atoms with E-state index in [2.05, 4.69) is 10.2 Å². The van der Waals surface area contributed by atoms with Crippen molar-refractivity contribution in [3.63, 3.8) is 0 Å². The van der Waals surface area contributed by atoms with E-state index in [0.717, 1.165) is 32.1 Å². The number of ketones is 2. The number of carbonyl (C=O) groups is 2. The highest BCUT2D eigenvalue weighted by Gasteiger charge is 2.54. The SMILES string of the molecule is O=C(Cc1nnc(S(=O)CC(=O)C23CC4CC(CC(C4)C2)C3)s1)C1CC1. The molecular formula is C19H24N2O3S2. The molecule has 1 aromatic rings. The smallest absolute Gasteiger partial charge is 0.205 e. The Hall–Kier alpha value is -0.950. The van der Waals surface area contributed by atoms with Crippen molar-refractivity contribution in [2.24, 2.45) is 29.1 Å². The lowest BCUT2D eigenvalue weighted by molar-refractivity contribution is -0.141. The molecule has 1 heterocycles. The molecule has 0 N–H and O–H groups in total. The van der Waals surface area contributed by atoms with Crippen LogP contribution in [0.15, 0.2) is 4.34 Å². The molecule has 5 aliphatic rings. The fourth-order valence-corrected chi connectivity index (χ4v) is 8.10. The Bertz CT molecular complexity index is 748. The van der Waals surface area contributed by atoms with E-state index in [0.29, 0.717) is 33.5 Å². The summed E-state index contributed by atoms with van der Waals surface area (Å²) in [4.78, 5) is 25.0. The fraction of sp³-hybridized carbons (Fsp3) is 0.789. The molecule has 7 heteroatoms. The third-order valence-corrected chi connectivity index (χ3v) is 9.41. The topological polar surface area (TPSA) is 77.0 Å². The number of hydrogen-bond acceptors (Lipinski definition) is 6. The molecule has 1 unspecified atom stereocenters. The first-order valence-electron chi connectivity index (χ1n) is 9.77. The van der Waals surface area contributed by atoms with E-state index in [1.54, 1.807) is 0 Å². The molecule has 5 aliphatic carbocycles.